The average Bonchev–Trinajstić information content (AvgIpc) is 2.49. The summed E-state index contributed by atoms with van der Waals surface area (Å²) in [6.07, 6.45) is 0. The van der Waals surface area contributed by atoms with Crippen molar-refractivity contribution in [2.75, 3.05) is 0 Å². The van der Waals surface area contributed by atoms with Crippen LogP contribution in [0.15, 0.2) is 29.1 Å². The van der Waals surface area contributed by atoms with E-state index in [0.717, 1.165) is 0 Å². The lowest BCUT2D eigenvalue weighted by Gasteiger charge is -2.01. The molecule has 0 bridgehead atoms. The van der Waals surface area contributed by atoms with Gasteiger partial charge in [0.15, 0.2) is 5.82 Å². The molecule has 2 aromatic rings. The summed E-state index contributed by atoms with van der Waals surface area (Å²) in [6, 6.07) is 6.73. The highest BCUT2D eigenvalue weighted by Crippen LogP contribution is 2.25. The molecule has 14 heavy (non-hydrogen) atoms. The molecule has 2 N–H and O–H groups in total. The molecule has 0 aliphatic heterocycles. The van der Waals surface area contributed by atoms with Crippen LogP contribution in [-0.2, 0) is 7.05 Å². The van der Waals surface area contributed by atoms with Gasteiger partial charge in [0.2, 0.25) is 0 Å². The maximum Gasteiger partial charge on any atom is 0.343 e. The lowest BCUT2D eigenvalue weighted by Crippen LogP contribution is -2.13. The lowest BCUT2D eigenvalue weighted by atomic mass is 10.2. The Labute approximate surface area is 79.6 Å². The number of nitrogens with zero attached hydrogens (tertiary/aromatic N) is 2. The van der Waals surface area contributed by atoms with Crippen molar-refractivity contribution in [1.29, 1.82) is 0 Å². The van der Waals surface area contributed by atoms with Crippen LogP contribution in [0.3, 0.4) is 0 Å². The summed E-state index contributed by atoms with van der Waals surface area (Å²) in [5.41, 5.74) is 0.233. The number of rotatable bonds is 1. The van der Waals surface area contributed by atoms with E-state index >= 15 is 0 Å². The minimum absolute atomic E-state index is 0.106. The zero-order valence-electron chi connectivity index (χ0n) is 7.56. The Morgan fingerprint density at radius 1 is 1.43 bits per heavy atom. The first-order valence-electron chi connectivity index (χ1n) is 4.10. The van der Waals surface area contributed by atoms with Crippen LogP contribution in [0.1, 0.15) is 0 Å². The largest absolute Gasteiger partial charge is 0.507 e. The van der Waals surface area contributed by atoms with Crippen molar-refractivity contribution >= 4 is 0 Å². The van der Waals surface area contributed by atoms with Crippen LogP contribution in [0.2, 0.25) is 0 Å². The van der Waals surface area contributed by atoms with Gasteiger partial charge in [-0.05, 0) is 12.1 Å². The normalized spacial score (nSPS) is 10.4. The van der Waals surface area contributed by atoms with Crippen molar-refractivity contribution in [3.63, 3.8) is 0 Å². The van der Waals surface area contributed by atoms with Crippen molar-refractivity contribution in [2.45, 2.75) is 0 Å². The van der Waals surface area contributed by atoms with Crippen molar-refractivity contribution < 1.29 is 5.11 Å². The number of phenols is 1. The number of aromatic nitrogens is 3. The van der Waals surface area contributed by atoms with E-state index in [0.29, 0.717) is 11.4 Å². The van der Waals surface area contributed by atoms with E-state index < -0.39 is 0 Å². The van der Waals surface area contributed by atoms with Gasteiger partial charge in [0.1, 0.15) is 5.75 Å². The third kappa shape index (κ3) is 1.19. The predicted octanol–water partition coefficient (Wildman–Crippen LogP) is 0.481. The molecule has 0 saturated carbocycles. The van der Waals surface area contributed by atoms with Crippen LogP contribution in [0.4, 0.5) is 0 Å². The monoisotopic (exact) mass is 191 g/mol. The number of nitrogens with one attached hydrogen (secondary N) is 1. The molecule has 5 heteroatoms. The van der Waals surface area contributed by atoms with E-state index in [9.17, 15) is 9.90 Å². The zero-order chi connectivity index (χ0) is 10.1. The number of para-hydroxylation sites is 1. The first-order chi connectivity index (χ1) is 6.70. The van der Waals surface area contributed by atoms with Crippen molar-refractivity contribution in [3.05, 3.63) is 34.7 Å². The molecular formula is C9H9N3O2. The van der Waals surface area contributed by atoms with Crippen LogP contribution < -0.4 is 5.69 Å². The fourth-order valence-corrected chi connectivity index (χ4v) is 1.25. The van der Waals surface area contributed by atoms with E-state index in [-0.39, 0.29) is 11.4 Å². The van der Waals surface area contributed by atoms with Crippen molar-refractivity contribution in [2.24, 2.45) is 7.05 Å². The predicted molar refractivity (Wildman–Crippen MR) is 50.9 cm³/mol. The number of benzene rings is 1. The quantitative estimate of drug-likeness (QED) is 0.688. The highest BCUT2D eigenvalue weighted by molar-refractivity contribution is 5.63. The Kier molecular flexibility index (Phi) is 1.85. The number of hydrogen-bond donors (Lipinski definition) is 2. The van der Waals surface area contributed by atoms with Gasteiger partial charge in [-0.25, -0.2) is 9.89 Å². The van der Waals surface area contributed by atoms with Gasteiger partial charge in [-0.3, -0.25) is 4.57 Å². The highest BCUT2D eigenvalue weighted by Gasteiger charge is 2.09. The van der Waals surface area contributed by atoms with E-state index in [1.54, 1.807) is 31.3 Å². The molecule has 0 spiro atoms. The van der Waals surface area contributed by atoms with Crippen LogP contribution in [0.5, 0.6) is 5.75 Å². The van der Waals surface area contributed by atoms with E-state index in [2.05, 4.69) is 10.2 Å². The minimum Gasteiger partial charge on any atom is -0.507 e. The summed E-state index contributed by atoms with van der Waals surface area (Å²) in [7, 11) is 1.59. The molecule has 0 radical (unpaired) electrons. The van der Waals surface area contributed by atoms with Gasteiger partial charge in [-0.1, -0.05) is 12.1 Å². The summed E-state index contributed by atoms with van der Waals surface area (Å²) in [4.78, 5) is 11.1. The first-order valence-corrected chi connectivity index (χ1v) is 4.10. The van der Waals surface area contributed by atoms with Gasteiger partial charge in [-0.15, -0.1) is 0 Å². The molecule has 1 aromatic carbocycles. The molecule has 1 heterocycles. The van der Waals surface area contributed by atoms with Crippen molar-refractivity contribution in [3.8, 4) is 17.1 Å². The molecule has 0 atom stereocenters. The first kappa shape index (κ1) is 8.55. The Balaban J connectivity index is 2.66. The van der Waals surface area contributed by atoms with Gasteiger partial charge >= 0.3 is 5.69 Å². The molecule has 0 unspecified atom stereocenters. The van der Waals surface area contributed by atoms with Crippen LogP contribution in [-0.4, -0.2) is 19.9 Å². The molecule has 2 rings (SSSR count). The zero-order valence-corrected chi connectivity index (χ0v) is 7.56. The Morgan fingerprint density at radius 2 is 2.14 bits per heavy atom. The number of aromatic amines is 1. The minimum atomic E-state index is -0.303. The molecule has 1 aromatic heterocycles. The molecule has 72 valence electrons. The highest BCUT2D eigenvalue weighted by atomic mass is 16.3. The van der Waals surface area contributed by atoms with E-state index in [4.69, 9.17) is 0 Å². The van der Waals surface area contributed by atoms with Crippen molar-refractivity contribution in [1.82, 2.24) is 14.8 Å². The summed E-state index contributed by atoms with van der Waals surface area (Å²) >= 11 is 0. The second-order valence-electron chi connectivity index (χ2n) is 2.93. The number of aromatic hydroxyl groups is 1. The summed E-state index contributed by atoms with van der Waals surface area (Å²) < 4.78 is 1.34. The van der Waals surface area contributed by atoms with Crippen LogP contribution >= 0.6 is 0 Å². The van der Waals surface area contributed by atoms with Gasteiger partial charge in [0.05, 0.1) is 5.56 Å². The number of hydrogen-bond acceptors (Lipinski definition) is 3. The third-order valence-electron chi connectivity index (χ3n) is 2.02. The third-order valence-corrected chi connectivity index (χ3v) is 2.02. The van der Waals surface area contributed by atoms with Gasteiger partial charge in [-0.2, -0.15) is 5.10 Å². The van der Waals surface area contributed by atoms with Gasteiger partial charge in [0.25, 0.3) is 0 Å². The molecule has 0 amide bonds. The second-order valence-corrected chi connectivity index (χ2v) is 2.93. The molecule has 5 nitrogen and oxygen atoms in total. The fraction of sp³-hybridized carbons (Fsp3) is 0.111. The molecule has 0 saturated heterocycles. The van der Waals surface area contributed by atoms with Crippen LogP contribution in [0, 0.1) is 0 Å². The maximum absolute atomic E-state index is 11.1. The van der Waals surface area contributed by atoms with Crippen LogP contribution in [0.25, 0.3) is 11.4 Å². The topological polar surface area (TPSA) is 70.9 Å². The van der Waals surface area contributed by atoms with E-state index in [1.165, 1.54) is 4.57 Å². The average molecular weight is 191 g/mol. The maximum atomic E-state index is 11.1. The summed E-state index contributed by atoms with van der Waals surface area (Å²) in [5.74, 6) is 0.530. The molecule has 0 aliphatic carbocycles. The second kappa shape index (κ2) is 3.02. The SMILES string of the molecule is Cn1c(-c2ccccc2O)n[nH]c1=O. The summed E-state index contributed by atoms with van der Waals surface area (Å²) in [6.45, 7) is 0. The molecule has 0 fully saturated rings. The number of H-pyrrole nitrogens is 1. The number of phenolic OH excluding ortho intramolecular Hbond substituents is 1. The standard InChI is InChI=1S/C9H9N3O2/c1-12-8(10-11-9(12)14)6-4-2-3-5-7(6)13/h2-5,13H,1H3,(H,11,14). The van der Waals surface area contributed by atoms with Gasteiger partial charge < -0.3 is 5.11 Å². The smallest absolute Gasteiger partial charge is 0.343 e. The van der Waals surface area contributed by atoms with Gasteiger partial charge in [0, 0.05) is 7.05 Å². The van der Waals surface area contributed by atoms with E-state index in [1.807, 2.05) is 0 Å². The fourth-order valence-electron chi connectivity index (χ4n) is 1.25. The molecule has 0 aliphatic rings. The lowest BCUT2D eigenvalue weighted by molar-refractivity contribution is 0.476. The Morgan fingerprint density at radius 3 is 2.71 bits per heavy atom. The Bertz CT molecular complexity index is 513. The summed E-state index contributed by atoms with van der Waals surface area (Å²) in [5, 5.41) is 15.6. The molecular weight excluding hydrogens is 182 g/mol. The Hall–Kier alpha value is -2.04.